The third-order valence-electron chi connectivity index (χ3n) is 2.91. The lowest BCUT2D eigenvalue weighted by Crippen LogP contribution is -2.31. The Morgan fingerprint density at radius 3 is 2.70 bits per heavy atom. The molecule has 4 nitrogen and oxygen atoms in total. The van der Waals surface area contributed by atoms with Crippen LogP contribution in [0.4, 0.5) is 4.79 Å². The number of aromatic nitrogens is 1. The Labute approximate surface area is 118 Å². The summed E-state index contributed by atoms with van der Waals surface area (Å²) < 4.78 is 5.24. The van der Waals surface area contributed by atoms with Gasteiger partial charge in [-0.1, -0.05) is 37.6 Å². The molecule has 0 saturated carbocycles. The maximum absolute atomic E-state index is 11.9. The Balaban J connectivity index is 1.99. The third-order valence-corrected chi connectivity index (χ3v) is 2.91. The third kappa shape index (κ3) is 4.09. The Morgan fingerprint density at radius 2 is 2.05 bits per heavy atom. The minimum atomic E-state index is -0.446. The highest BCUT2D eigenvalue weighted by Gasteiger charge is 2.15. The zero-order valence-electron chi connectivity index (χ0n) is 11.5. The van der Waals surface area contributed by atoms with Gasteiger partial charge in [-0.2, -0.15) is 0 Å². The van der Waals surface area contributed by atoms with Crippen LogP contribution >= 0.6 is 0 Å². The number of amides is 1. The summed E-state index contributed by atoms with van der Waals surface area (Å²) in [4.78, 5) is 16.0. The monoisotopic (exact) mass is 270 g/mol. The van der Waals surface area contributed by atoms with Crippen molar-refractivity contribution >= 4 is 6.09 Å². The number of benzene rings is 1. The van der Waals surface area contributed by atoms with Crippen molar-refractivity contribution in [2.45, 2.75) is 25.8 Å². The van der Waals surface area contributed by atoms with E-state index in [1.807, 2.05) is 30.3 Å². The van der Waals surface area contributed by atoms with E-state index in [0.717, 1.165) is 18.4 Å². The normalized spacial score (nSPS) is 11.7. The molecular formula is C16H18N2O2. The van der Waals surface area contributed by atoms with Gasteiger partial charge in [-0.3, -0.25) is 4.98 Å². The Hall–Kier alpha value is -2.36. The molecule has 0 aliphatic rings. The van der Waals surface area contributed by atoms with Crippen LogP contribution in [0.25, 0.3) is 0 Å². The predicted octanol–water partition coefficient (Wildman–Crippen LogP) is 3.71. The minimum Gasteiger partial charge on any atom is -0.410 e. The fraction of sp³-hybridized carbons (Fsp3) is 0.250. The summed E-state index contributed by atoms with van der Waals surface area (Å²) >= 11 is 0. The van der Waals surface area contributed by atoms with Crippen molar-refractivity contribution in [3.63, 3.8) is 0 Å². The van der Waals surface area contributed by atoms with Gasteiger partial charge in [-0.25, -0.2) is 4.79 Å². The van der Waals surface area contributed by atoms with Crippen molar-refractivity contribution in [2.75, 3.05) is 0 Å². The van der Waals surface area contributed by atoms with Gasteiger partial charge < -0.3 is 10.1 Å². The van der Waals surface area contributed by atoms with Gasteiger partial charge in [-0.05, 0) is 30.2 Å². The van der Waals surface area contributed by atoms with Crippen molar-refractivity contribution in [3.05, 3.63) is 60.4 Å². The topological polar surface area (TPSA) is 51.2 Å². The van der Waals surface area contributed by atoms with E-state index in [0.29, 0.717) is 5.75 Å². The van der Waals surface area contributed by atoms with E-state index in [4.69, 9.17) is 4.74 Å². The van der Waals surface area contributed by atoms with Gasteiger partial charge in [0.2, 0.25) is 0 Å². The minimum absolute atomic E-state index is 0.0788. The van der Waals surface area contributed by atoms with Gasteiger partial charge in [-0.15, -0.1) is 0 Å². The summed E-state index contributed by atoms with van der Waals surface area (Å²) in [7, 11) is 0. The Morgan fingerprint density at radius 1 is 1.25 bits per heavy atom. The van der Waals surface area contributed by atoms with Crippen LogP contribution in [0.15, 0.2) is 54.9 Å². The second kappa shape index (κ2) is 7.28. The largest absolute Gasteiger partial charge is 0.413 e. The number of pyridine rings is 1. The van der Waals surface area contributed by atoms with Crippen LogP contribution in [0, 0.1) is 0 Å². The van der Waals surface area contributed by atoms with Gasteiger partial charge in [0.25, 0.3) is 0 Å². The number of hydrogen-bond acceptors (Lipinski definition) is 3. The summed E-state index contributed by atoms with van der Waals surface area (Å²) in [6.07, 6.45) is 4.84. The fourth-order valence-electron chi connectivity index (χ4n) is 1.96. The van der Waals surface area contributed by atoms with Crippen LogP contribution in [0.1, 0.15) is 31.4 Å². The molecular weight excluding hydrogens is 252 g/mol. The number of carbonyl (C=O) groups is 1. The quantitative estimate of drug-likeness (QED) is 0.901. The summed E-state index contributed by atoms with van der Waals surface area (Å²) in [5, 5.41) is 2.88. The van der Waals surface area contributed by atoms with Gasteiger partial charge in [0.15, 0.2) is 0 Å². The highest BCUT2D eigenvalue weighted by molar-refractivity contribution is 5.70. The first-order valence-corrected chi connectivity index (χ1v) is 6.73. The number of para-hydroxylation sites is 1. The van der Waals surface area contributed by atoms with Crippen molar-refractivity contribution in [2.24, 2.45) is 0 Å². The van der Waals surface area contributed by atoms with Crippen LogP contribution < -0.4 is 10.1 Å². The van der Waals surface area contributed by atoms with E-state index in [1.54, 1.807) is 24.5 Å². The predicted molar refractivity (Wildman–Crippen MR) is 77.5 cm³/mol. The number of nitrogens with one attached hydrogen (secondary N) is 1. The van der Waals surface area contributed by atoms with E-state index >= 15 is 0 Å². The summed E-state index contributed by atoms with van der Waals surface area (Å²) in [5.74, 6) is 0.534. The highest BCUT2D eigenvalue weighted by Crippen LogP contribution is 2.18. The molecule has 0 aliphatic heterocycles. The maximum atomic E-state index is 11.9. The van der Waals surface area contributed by atoms with Crippen LogP contribution in [-0.4, -0.2) is 11.1 Å². The zero-order chi connectivity index (χ0) is 14.2. The molecule has 1 aromatic carbocycles. The molecule has 104 valence electrons. The first-order valence-electron chi connectivity index (χ1n) is 6.73. The number of nitrogens with zero attached hydrogens (tertiary/aromatic N) is 1. The van der Waals surface area contributed by atoms with Crippen LogP contribution in [-0.2, 0) is 0 Å². The molecule has 1 aromatic heterocycles. The fourth-order valence-corrected chi connectivity index (χ4v) is 1.96. The lowest BCUT2D eigenvalue weighted by atomic mass is 10.0. The van der Waals surface area contributed by atoms with Gasteiger partial charge in [0, 0.05) is 12.4 Å². The molecule has 0 aliphatic carbocycles. The van der Waals surface area contributed by atoms with Gasteiger partial charge in [0.1, 0.15) is 5.75 Å². The van der Waals surface area contributed by atoms with Crippen molar-refractivity contribution in [1.29, 1.82) is 0 Å². The van der Waals surface area contributed by atoms with E-state index < -0.39 is 6.09 Å². The SMILES string of the molecule is CCC[C@@H](NC(=O)Oc1ccccc1)c1cccnc1. The van der Waals surface area contributed by atoms with Gasteiger partial charge >= 0.3 is 6.09 Å². The summed E-state index contributed by atoms with van der Waals surface area (Å²) in [6.45, 7) is 2.08. The molecule has 0 saturated heterocycles. The number of rotatable bonds is 5. The second-order valence-corrected chi connectivity index (χ2v) is 4.47. The van der Waals surface area contributed by atoms with Crippen molar-refractivity contribution in [1.82, 2.24) is 10.3 Å². The molecule has 1 heterocycles. The lowest BCUT2D eigenvalue weighted by Gasteiger charge is -2.17. The average molecular weight is 270 g/mol. The number of hydrogen-bond donors (Lipinski definition) is 1. The smallest absolute Gasteiger partial charge is 0.410 e. The average Bonchev–Trinajstić information content (AvgIpc) is 2.49. The standard InChI is InChI=1S/C16H18N2O2/c1-2-7-15(13-8-6-11-17-12-13)18-16(19)20-14-9-4-3-5-10-14/h3-6,8-12,15H,2,7H2,1H3,(H,18,19)/t15-/m1/s1. The Kier molecular flexibility index (Phi) is 5.12. The molecule has 2 rings (SSSR count). The molecule has 4 heteroatoms. The molecule has 0 spiro atoms. The molecule has 0 bridgehead atoms. The molecule has 20 heavy (non-hydrogen) atoms. The number of carbonyl (C=O) groups excluding carboxylic acids is 1. The van der Waals surface area contributed by atoms with Crippen LogP contribution in [0.3, 0.4) is 0 Å². The molecule has 0 unspecified atom stereocenters. The van der Waals surface area contributed by atoms with E-state index in [9.17, 15) is 4.79 Å². The lowest BCUT2D eigenvalue weighted by molar-refractivity contribution is 0.195. The van der Waals surface area contributed by atoms with E-state index in [2.05, 4.69) is 17.2 Å². The molecule has 0 fully saturated rings. The molecule has 0 radical (unpaired) electrons. The van der Waals surface area contributed by atoms with Crippen molar-refractivity contribution in [3.8, 4) is 5.75 Å². The zero-order valence-corrected chi connectivity index (χ0v) is 11.5. The molecule has 1 N–H and O–H groups in total. The molecule has 1 atom stereocenters. The van der Waals surface area contributed by atoms with Crippen molar-refractivity contribution < 1.29 is 9.53 Å². The van der Waals surface area contributed by atoms with E-state index in [1.165, 1.54) is 0 Å². The highest BCUT2D eigenvalue weighted by atomic mass is 16.6. The van der Waals surface area contributed by atoms with E-state index in [-0.39, 0.29) is 6.04 Å². The van der Waals surface area contributed by atoms with Gasteiger partial charge in [0.05, 0.1) is 6.04 Å². The summed E-state index contributed by atoms with van der Waals surface area (Å²) in [5.41, 5.74) is 0.986. The van der Waals surface area contributed by atoms with Crippen LogP contribution in [0.2, 0.25) is 0 Å². The summed E-state index contributed by atoms with van der Waals surface area (Å²) in [6, 6.07) is 12.8. The second-order valence-electron chi connectivity index (χ2n) is 4.47. The molecule has 1 amide bonds. The van der Waals surface area contributed by atoms with Crippen LogP contribution in [0.5, 0.6) is 5.75 Å². The number of ether oxygens (including phenoxy) is 1. The maximum Gasteiger partial charge on any atom is 0.413 e. The Bertz CT molecular complexity index is 529. The first kappa shape index (κ1) is 14.1. The first-order chi connectivity index (χ1) is 9.79. The molecule has 2 aromatic rings.